The molecule has 0 saturated heterocycles. The average Bonchev–Trinajstić information content (AvgIpc) is 2.09. The summed E-state index contributed by atoms with van der Waals surface area (Å²) in [6.45, 7) is 6.65. The minimum absolute atomic E-state index is 0.671. The van der Waals surface area contributed by atoms with Crippen LogP contribution in [0.1, 0.15) is 52.9 Å². The van der Waals surface area contributed by atoms with Gasteiger partial charge >= 0.3 is 0 Å². The molecule has 0 fully saturated rings. The lowest BCUT2D eigenvalue weighted by Gasteiger charge is -1.93. The Hall–Kier alpha value is -0.520. The molecule has 0 bridgehead atoms. The maximum atomic E-state index is 2.27. The van der Waals surface area contributed by atoms with E-state index in [4.69, 9.17) is 0 Å². The van der Waals surface area contributed by atoms with Crippen LogP contribution in [-0.4, -0.2) is 0 Å². The summed E-state index contributed by atoms with van der Waals surface area (Å²) >= 11 is 0. The first-order chi connectivity index (χ1) is 6.27. The van der Waals surface area contributed by atoms with Crippen molar-refractivity contribution in [3.8, 4) is 0 Å². The third-order valence-corrected chi connectivity index (χ3v) is 1.97. The molecule has 0 saturated carbocycles. The number of allylic oxidation sites excluding steroid dienone is 4. The molecule has 0 unspecified atom stereocenters. The van der Waals surface area contributed by atoms with Crippen LogP contribution in [0.15, 0.2) is 24.3 Å². The van der Waals surface area contributed by atoms with Crippen LogP contribution in [0.5, 0.6) is 0 Å². The third-order valence-electron chi connectivity index (χ3n) is 1.97. The van der Waals surface area contributed by atoms with E-state index < -0.39 is 0 Å². The molecule has 0 aromatic rings. The molecule has 0 aromatic heterocycles. The van der Waals surface area contributed by atoms with Gasteiger partial charge in [0, 0.05) is 0 Å². The van der Waals surface area contributed by atoms with E-state index in [1.54, 1.807) is 0 Å². The third kappa shape index (κ3) is 11.5. The monoisotopic (exact) mass is 180 g/mol. The van der Waals surface area contributed by atoms with E-state index in [9.17, 15) is 0 Å². The fraction of sp³-hybridized carbons (Fsp3) is 0.692. The topological polar surface area (TPSA) is 0 Å². The minimum atomic E-state index is 0.671. The second-order valence-electron chi connectivity index (χ2n) is 3.91. The highest BCUT2D eigenvalue weighted by atomic mass is 13.9. The Morgan fingerprint density at radius 3 is 2.38 bits per heavy atom. The fourth-order valence-electron chi connectivity index (χ4n) is 1.15. The molecule has 0 aliphatic heterocycles. The summed E-state index contributed by atoms with van der Waals surface area (Å²) in [5.74, 6) is 0.671. The zero-order valence-electron chi connectivity index (χ0n) is 9.42. The Bertz CT molecular complexity index is 140. The SMILES string of the molecule is CCCCCC/C=C\C=C\C(C)C. The van der Waals surface area contributed by atoms with E-state index in [0.29, 0.717) is 5.92 Å². The van der Waals surface area contributed by atoms with Gasteiger partial charge in [-0.3, -0.25) is 0 Å². The molecule has 0 aromatic carbocycles. The van der Waals surface area contributed by atoms with Gasteiger partial charge < -0.3 is 0 Å². The zero-order chi connectivity index (χ0) is 9.94. The summed E-state index contributed by atoms with van der Waals surface area (Å²) in [4.78, 5) is 0. The molecule has 0 heteroatoms. The van der Waals surface area contributed by atoms with Crippen LogP contribution in [0.4, 0.5) is 0 Å². The molecule has 0 N–H and O–H groups in total. The van der Waals surface area contributed by atoms with E-state index in [1.165, 1.54) is 32.1 Å². The lowest BCUT2D eigenvalue weighted by atomic mass is 10.1. The maximum Gasteiger partial charge on any atom is -0.0287 e. The summed E-state index contributed by atoms with van der Waals surface area (Å²) < 4.78 is 0. The summed E-state index contributed by atoms with van der Waals surface area (Å²) in [6, 6.07) is 0. The predicted molar refractivity (Wildman–Crippen MR) is 61.9 cm³/mol. The predicted octanol–water partition coefficient (Wildman–Crippen LogP) is 4.73. The highest BCUT2D eigenvalue weighted by Crippen LogP contribution is 2.03. The van der Waals surface area contributed by atoms with Gasteiger partial charge in [-0.05, 0) is 18.8 Å². The molecule has 0 aliphatic carbocycles. The average molecular weight is 180 g/mol. The molecule has 0 spiro atoms. The summed E-state index contributed by atoms with van der Waals surface area (Å²) in [5.41, 5.74) is 0. The fourth-order valence-corrected chi connectivity index (χ4v) is 1.15. The van der Waals surface area contributed by atoms with Gasteiger partial charge in [0.25, 0.3) is 0 Å². The minimum Gasteiger partial charge on any atom is -0.0845 e. The second-order valence-corrected chi connectivity index (χ2v) is 3.91. The lowest BCUT2D eigenvalue weighted by Crippen LogP contribution is -1.75. The van der Waals surface area contributed by atoms with Crippen LogP contribution in [0, 0.1) is 5.92 Å². The van der Waals surface area contributed by atoms with Crippen molar-refractivity contribution in [2.45, 2.75) is 52.9 Å². The Kier molecular flexibility index (Phi) is 9.18. The Morgan fingerprint density at radius 2 is 1.77 bits per heavy atom. The molecule has 0 nitrogen and oxygen atoms in total. The molecule has 13 heavy (non-hydrogen) atoms. The highest BCUT2D eigenvalue weighted by molar-refractivity contribution is 5.03. The highest BCUT2D eigenvalue weighted by Gasteiger charge is 1.83. The molecule has 0 atom stereocenters. The Balaban J connectivity index is 3.21. The van der Waals surface area contributed by atoms with Crippen LogP contribution < -0.4 is 0 Å². The number of rotatable bonds is 7. The van der Waals surface area contributed by atoms with Crippen molar-refractivity contribution in [2.75, 3.05) is 0 Å². The van der Waals surface area contributed by atoms with Gasteiger partial charge in [0.05, 0.1) is 0 Å². The maximum absolute atomic E-state index is 2.27. The van der Waals surface area contributed by atoms with Crippen molar-refractivity contribution in [2.24, 2.45) is 5.92 Å². The lowest BCUT2D eigenvalue weighted by molar-refractivity contribution is 0.674. The van der Waals surface area contributed by atoms with E-state index in [0.717, 1.165) is 0 Å². The normalized spacial score (nSPS) is 12.3. The van der Waals surface area contributed by atoms with Crippen molar-refractivity contribution >= 4 is 0 Å². The van der Waals surface area contributed by atoms with Crippen LogP contribution >= 0.6 is 0 Å². The van der Waals surface area contributed by atoms with Crippen molar-refractivity contribution in [1.29, 1.82) is 0 Å². The van der Waals surface area contributed by atoms with Gasteiger partial charge in [0.15, 0.2) is 0 Å². The number of hydrogen-bond donors (Lipinski definition) is 0. The number of unbranched alkanes of at least 4 members (excludes halogenated alkanes) is 4. The van der Waals surface area contributed by atoms with Crippen LogP contribution in [-0.2, 0) is 0 Å². The largest absolute Gasteiger partial charge is 0.0845 e. The first kappa shape index (κ1) is 12.5. The zero-order valence-corrected chi connectivity index (χ0v) is 9.42. The molecule has 0 rings (SSSR count). The van der Waals surface area contributed by atoms with Gasteiger partial charge in [-0.1, -0.05) is 64.3 Å². The molecular weight excluding hydrogens is 156 g/mol. The molecule has 0 aliphatic rings. The first-order valence-corrected chi connectivity index (χ1v) is 5.60. The van der Waals surface area contributed by atoms with Gasteiger partial charge in [0.1, 0.15) is 0 Å². The number of hydrogen-bond acceptors (Lipinski definition) is 0. The van der Waals surface area contributed by atoms with Gasteiger partial charge in [-0.2, -0.15) is 0 Å². The van der Waals surface area contributed by atoms with Crippen molar-refractivity contribution in [3.63, 3.8) is 0 Å². The summed E-state index contributed by atoms with van der Waals surface area (Å²) in [5, 5.41) is 0. The summed E-state index contributed by atoms with van der Waals surface area (Å²) in [7, 11) is 0. The molecular formula is C13H24. The van der Waals surface area contributed by atoms with Crippen molar-refractivity contribution in [3.05, 3.63) is 24.3 Å². The van der Waals surface area contributed by atoms with E-state index in [1.807, 2.05) is 0 Å². The Labute approximate surface area is 83.7 Å². The standard InChI is InChI=1S/C13H24/c1-4-5-6-7-8-9-10-11-12-13(2)3/h9-13H,4-8H2,1-3H3/b10-9-,12-11+. The molecule has 76 valence electrons. The van der Waals surface area contributed by atoms with E-state index in [-0.39, 0.29) is 0 Å². The second kappa shape index (κ2) is 9.57. The molecule has 0 amide bonds. The van der Waals surface area contributed by atoms with Gasteiger partial charge in [-0.25, -0.2) is 0 Å². The van der Waals surface area contributed by atoms with Crippen LogP contribution in [0.3, 0.4) is 0 Å². The Morgan fingerprint density at radius 1 is 1.00 bits per heavy atom. The quantitative estimate of drug-likeness (QED) is 0.392. The van der Waals surface area contributed by atoms with E-state index in [2.05, 4.69) is 45.1 Å². The van der Waals surface area contributed by atoms with Crippen molar-refractivity contribution in [1.82, 2.24) is 0 Å². The van der Waals surface area contributed by atoms with E-state index >= 15 is 0 Å². The summed E-state index contributed by atoms with van der Waals surface area (Å²) in [6.07, 6.45) is 15.5. The first-order valence-electron chi connectivity index (χ1n) is 5.60. The molecule has 0 heterocycles. The van der Waals surface area contributed by atoms with Crippen molar-refractivity contribution < 1.29 is 0 Å². The smallest absolute Gasteiger partial charge is 0.0287 e. The van der Waals surface area contributed by atoms with Gasteiger partial charge in [-0.15, -0.1) is 0 Å². The van der Waals surface area contributed by atoms with Crippen LogP contribution in [0.25, 0.3) is 0 Å². The molecule has 0 radical (unpaired) electrons. The van der Waals surface area contributed by atoms with Gasteiger partial charge in [0.2, 0.25) is 0 Å². The van der Waals surface area contributed by atoms with Crippen LogP contribution in [0.2, 0.25) is 0 Å².